The molecule has 2 saturated carbocycles. The maximum atomic E-state index is 11.2. The number of fused-ring (bicyclic) bond motifs is 1. The number of hydrogen-bond donors (Lipinski definition) is 1. The predicted molar refractivity (Wildman–Crippen MR) is 42.3 cm³/mol. The van der Waals surface area contributed by atoms with Crippen LogP contribution in [0.25, 0.3) is 0 Å². The Balaban J connectivity index is 2.01. The van der Waals surface area contributed by atoms with Crippen LogP contribution in [-0.2, 0) is 9.53 Å². The minimum Gasteiger partial charge on any atom is -0.469 e. The van der Waals surface area contributed by atoms with E-state index in [1.807, 2.05) is 0 Å². The number of hydrogen-bond acceptors (Lipinski definition) is 3. The molecule has 0 spiro atoms. The van der Waals surface area contributed by atoms with E-state index in [0.717, 1.165) is 12.8 Å². The van der Waals surface area contributed by atoms with E-state index in [1.165, 1.54) is 7.11 Å². The Bertz CT molecular complexity index is 202. The van der Waals surface area contributed by atoms with Gasteiger partial charge in [0, 0.05) is 0 Å². The van der Waals surface area contributed by atoms with E-state index in [1.54, 1.807) is 0 Å². The van der Waals surface area contributed by atoms with Gasteiger partial charge in [-0.3, -0.25) is 4.79 Å². The van der Waals surface area contributed by atoms with Crippen LogP contribution in [0.15, 0.2) is 0 Å². The molecule has 0 amide bonds. The summed E-state index contributed by atoms with van der Waals surface area (Å²) in [6.45, 7) is 0. The minimum absolute atomic E-state index is 0.0243. The highest BCUT2D eigenvalue weighted by atomic mass is 16.5. The zero-order chi connectivity index (χ0) is 8.72. The van der Waals surface area contributed by atoms with Crippen LogP contribution in [0.3, 0.4) is 0 Å². The molecule has 0 aliphatic heterocycles. The molecule has 0 heterocycles. The van der Waals surface area contributed by atoms with Crippen molar-refractivity contribution in [2.24, 2.45) is 17.8 Å². The van der Waals surface area contributed by atoms with Crippen molar-refractivity contribution in [3.8, 4) is 0 Å². The fourth-order valence-electron chi connectivity index (χ4n) is 2.37. The molecule has 0 aromatic carbocycles. The Morgan fingerprint density at radius 2 is 2.17 bits per heavy atom. The summed E-state index contributed by atoms with van der Waals surface area (Å²) >= 11 is 0. The number of aliphatic hydroxyl groups excluding tert-OH is 1. The monoisotopic (exact) mass is 170 g/mol. The van der Waals surface area contributed by atoms with E-state index >= 15 is 0 Å². The van der Waals surface area contributed by atoms with Crippen molar-refractivity contribution in [3.05, 3.63) is 0 Å². The van der Waals surface area contributed by atoms with Gasteiger partial charge >= 0.3 is 5.97 Å². The molecule has 0 bridgehead atoms. The number of rotatable bonds is 1. The van der Waals surface area contributed by atoms with Gasteiger partial charge in [0.15, 0.2) is 0 Å². The van der Waals surface area contributed by atoms with Crippen LogP contribution in [0.5, 0.6) is 0 Å². The van der Waals surface area contributed by atoms with E-state index in [4.69, 9.17) is 0 Å². The van der Waals surface area contributed by atoms with Crippen LogP contribution in [0.4, 0.5) is 0 Å². The fraction of sp³-hybridized carbons (Fsp3) is 0.889. The summed E-state index contributed by atoms with van der Waals surface area (Å²) in [5.41, 5.74) is 0. The highest BCUT2D eigenvalue weighted by Gasteiger charge is 2.51. The van der Waals surface area contributed by atoms with Gasteiger partial charge in [0.2, 0.25) is 0 Å². The first-order valence-corrected chi connectivity index (χ1v) is 4.48. The van der Waals surface area contributed by atoms with E-state index in [0.29, 0.717) is 18.3 Å². The van der Waals surface area contributed by atoms with Crippen LogP contribution in [0.2, 0.25) is 0 Å². The average Bonchev–Trinajstić information content (AvgIpc) is 2.80. The van der Waals surface area contributed by atoms with Crippen molar-refractivity contribution in [1.82, 2.24) is 0 Å². The van der Waals surface area contributed by atoms with Crippen molar-refractivity contribution >= 4 is 5.97 Å². The third-order valence-electron chi connectivity index (χ3n) is 3.10. The molecular weight excluding hydrogens is 156 g/mol. The Morgan fingerprint density at radius 1 is 1.42 bits per heavy atom. The molecule has 3 heteroatoms. The molecular formula is C9H14O3. The lowest BCUT2D eigenvalue weighted by atomic mass is 9.87. The molecule has 2 aliphatic carbocycles. The zero-order valence-electron chi connectivity index (χ0n) is 7.19. The molecule has 4 unspecified atom stereocenters. The normalized spacial score (nSPS) is 44.8. The molecule has 1 N–H and O–H groups in total. The molecule has 2 fully saturated rings. The fourth-order valence-corrected chi connectivity index (χ4v) is 2.37. The predicted octanol–water partition coefficient (Wildman–Crippen LogP) is 0.566. The summed E-state index contributed by atoms with van der Waals surface area (Å²) in [5, 5.41) is 9.41. The average molecular weight is 170 g/mol. The molecule has 2 aliphatic rings. The highest BCUT2D eigenvalue weighted by molar-refractivity contribution is 5.73. The van der Waals surface area contributed by atoms with E-state index in [-0.39, 0.29) is 18.0 Å². The first-order chi connectivity index (χ1) is 5.72. The van der Waals surface area contributed by atoms with Crippen LogP contribution in [0, 0.1) is 17.8 Å². The van der Waals surface area contributed by atoms with Gasteiger partial charge in [-0.25, -0.2) is 0 Å². The van der Waals surface area contributed by atoms with Crippen molar-refractivity contribution in [2.45, 2.75) is 25.4 Å². The van der Waals surface area contributed by atoms with Crippen LogP contribution in [-0.4, -0.2) is 24.3 Å². The number of aliphatic hydroxyl groups is 1. The Kier molecular flexibility index (Phi) is 1.83. The molecule has 0 aromatic rings. The van der Waals surface area contributed by atoms with E-state index < -0.39 is 0 Å². The standard InChI is InChI=1S/C9H14O3/c1-12-9(11)8-4-6(10)2-5-3-7(5)8/h5-8,10H,2-4H2,1H3. The number of carbonyl (C=O) groups is 1. The summed E-state index contributed by atoms with van der Waals surface area (Å²) in [5.74, 6) is 0.948. The summed E-state index contributed by atoms with van der Waals surface area (Å²) < 4.78 is 4.69. The molecule has 4 atom stereocenters. The first kappa shape index (κ1) is 8.05. The number of carbonyl (C=O) groups excluding carboxylic acids is 1. The SMILES string of the molecule is COC(=O)C1CC(O)CC2CC21. The highest BCUT2D eigenvalue weighted by Crippen LogP contribution is 2.53. The molecule has 3 nitrogen and oxygen atoms in total. The lowest BCUT2D eigenvalue weighted by Crippen LogP contribution is -2.28. The van der Waals surface area contributed by atoms with Crippen LogP contribution < -0.4 is 0 Å². The lowest BCUT2D eigenvalue weighted by Gasteiger charge is -2.22. The Labute approximate surface area is 71.7 Å². The molecule has 0 saturated heterocycles. The summed E-state index contributed by atoms with van der Waals surface area (Å²) in [6, 6.07) is 0. The topological polar surface area (TPSA) is 46.5 Å². The van der Waals surface area contributed by atoms with Gasteiger partial charge in [-0.2, -0.15) is 0 Å². The summed E-state index contributed by atoms with van der Waals surface area (Å²) in [6.07, 6.45) is 2.32. The number of esters is 1. The van der Waals surface area contributed by atoms with Gasteiger partial charge in [0.05, 0.1) is 19.1 Å². The van der Waals surface area contributed by atoms with Crippen molar-refractivity contribution in [2.75, 3.05) is 7.11 Å². The largest absolute Gasteiger partial charge is 0.469 e. The minimum atomic E-state index is -0.280. The van der Waals surface area contributed by atoms with Gasteiger partial charge in [-0.1, -0.05) is 0 Å². The molecule has 0 aromatic heterocycles. The second-order valence-corrected chi connectivity index (χ2v) is 3.91. The smallest absolute Gasteiger partial charge is 0.309 e. The molecule has 0 radical (unpaired) electrons. The van der Waals surface area contributed by atoms with Gasteiger partial charge in [-0.05, 0) is 31.1 Å². The van der Waals surface area contributed by atoms with Crippen molar-refractivity contribution in [1.29, 1.82) is 0 Å². The van der Waals surface area contributed by atoms with Gasteiger partial charge in [0.1, 0.15) is 0 Å². The molecule has 68 valence electrons. The van der Waals surface area contributed by atoms with Gasteiger partial charge in [-0.15, -0.1) is 0 Å². The quantitative estimate of drug-likeness (QED) is 0.585. The molecule has 2 rings (SSSR count). The maximum Gasteiger partial charge on any atom is 0.309 e. The molecule has 12 heavy (non-hydrogen) atoms. The van der Waals surface area contributed by atoms with E-state index in [9.17, 15) is 9.90 Å². The third kappa shape index (κ3) is 1.22. The number of methoxy groups -OCH3 is 1. The second-order valence-electron chi connectivity index (χ2n) is 3.91. The Morgan fingerprint density at radius 3 is 2.83 bits per heavy atom. The number of ether oxygens (including phenoxy) is 1. The van der Waals surface area contributed by atoms with Crippen molar-refractivity contribution < 1.29 is 14.6 Å². The van der Waals surface area contributed by atoms with Crippen molar-refractivity contribution in [3.63, 3.8) is 0 Å². The summed E-state index contributed by atoms with van der Waals surface area (Å²) in [4.78, 5) is 11.2. The van der Waals surface area contributed by atoms with Crippen LogP contribution >= 0.6 is 0 Å². The van der Waals surface area contributed by atoms with Crippen LogP contribution in [0.1, 0.15) is 19.3 Å². The maximum absolute atomic E-state index is 11.2. The Hall–Kier alpha value is -0.570. The first-order valence-electron chi connectivity index (χ1n) is 4.48. The van der Waals surface area contributed by atoms with E-state index in [2.05, 4.69) is 4.74 Å². The summed E-state index contributed by atoms with van der Waals surface area (Å²) in [7, 11) is 1.42. The zero-order valence-corrected chi connectivity index (χ0v) is 7.19. The van der Waals surface area contributed by atoms with Gasteiger partial charge in [0.25, 0.3) is 0 Å². The third-order valence-corrected chi connectivity index (χ3v) is 3.10. The van der Waals surface area contributed by atoms with Gasteiger partial charge < -0.3 is 9.84 Å². The lowest BCUT2D eigenvalue weighted by molar-refractivity contribution is -0.148. The second kappa shape index (κ2) is 2.73.